The molecule has 6 nitrogen and oxygen atoms in total. The molecule has 0 aromatic rings. The predicted octanol–water partition coefficient (Wildman–Crippen LogP) is -0.720. The number of likely N-dealkylation sites (tertiary alicyclic amines) is 1. The number of hydrogen-bond donors (Lipinski definition) is 2. The van der Waals surface area contributed by atoms with Crippen LogP contribution in [0.2, 0.25) is 0 Å². The molecule has 1 unspecified atom stereocenters. The van der Waals surface area contributed by atoms with Crippen molar-refractivity contribution in [3.05, 3.63) is 0 Å². The SMILES string of the molecule is CN1CCC(N(CCO)C(=O)CC2COCCN2)CC1. The Morgan fingerprint density at radius 2 is 2.20 bits per heavy atom. The Morgan fingerprint density at radius 1 is 1.45 bits per heavy atom. The van der Waals surface area contributed by atoms with E-state index in [0.717, 1.165) is 39.1 Å². The molecular formula is C14H27N3O3. The molecule has 0 radical (unpaired) electrons. The number of aliphatic hydroxyl groups excluding tert-OH is 1. The summed E-state index contributed by atoms with van der Waals surface area (Å²) in [6.07, 6.45) is 2.46. The maximum atomic E-state index is 12.5. The quantitative estimate of drug-likeness (QED) is 0.698. The average molecular weight is 285 g/mol. The number of aliphatic hydroxyl groups is 1. The molecule has 0 spiro atoms. The third-order valence-corrected chi connectivity index (χ3v) is 4.21. The van der Waals surface area contributed by atoms with E-state index in [1.807, 2.05) is 4.90 Å². The second-order valence-corrected chi connectivity index (χ2v) is 5.78. The lowest BCUT2D eigenvalue weighted by atomic mass is 10.0. The smallest absolute Gasteiger partial charge is 0.224 e. The minimum atomic E-state index is 0.0344. The molecule has 2 saturated heterocycles. The zero-order chi connectivity index (χ0) is 14.4. The number of ether oxygens (including phenoxy) is 1. The lowest BCUT2D eigenvalue weighted by Gasteiger charge is -2.38. The van der Waals surface area contributed by atoms with Gasteiger partial charge in [0.1, 0.15) is 0 Å². The third-order valence-electron chi connectivity index (χ3n) is 4.21. The first kappa shape index (κ1) is 15.7. The molecule has 0 aliphatic carbocycles. The highest BCUT2D eigenvalue weighted by molar-refractivity contribution is 5.77. The zero-order valence-corrected chi connectivity index (χ0v) is 12.4. The summed E-state index contributed by atoms with van der Waals surface area (Å²) >= 11 is 0. The Kier molecular flexibility index (Phi) is 6.22. The van der Waals surface area contributed by atoms with Crippen molar-refractivity contribution in [1.29, 1.82) is 0 Å². The van der Waals surface area contributed by atoms with Gasteiger partial charge < -0.3 is 25.0 Å². The van der Waals surface area contributed by atoms with Crippen molar-refractivity contribution in [3.8, 4) is 0 Å². The number of amides is 1. The van der Waals surface area contributed by atoms with Gasteiger partial charge in [0.2, 0.25) is 5.91 Å². The van der Waals surface area contributed by atoms with Gasteiger partial charge in [-0.1, -0.05) is 0 Å². The number of carbonyl (C=O) groups excluding carboxylic acids is 1. The Hall–Kier alpha value is -0.690. The topological polar surface area (TPSA) is 65.0 Å². The largest absolute Gasteiger partial charge is 0.395 e. The second kappa shape index (κ2) is 7.93. The molecule has 2 N–H and O–H groups in total. The van der Waals surface area contributed by atoms with E-state index >= 15 is 0 Å². The highest BCUT2D eigenvalue weighted by atomic mass is 16.5. The van der Waals surface area contributed by atoms with Gasteiger partial charge in [0.15, 0.2) is 0 Å². The molecule has 116 valence electrons. The standard InChI is InChI=1S/C14H27N3O3/c1-16-5-2-13(3-6-16)17(7-8-18)14(19)10-12-11-20-9-4-15-12/h12-13,15,18H,2-11H2,1H3. The van der Waals surface area contributed by atoms with E-state index in [1.165, 1.54) is 0 Å². The van der Waals surface area contributed by atoms with Gasteiger partial charge >= 0.3 is 0 Å². The van der Waals surface area contributed by atoms with Crippen LogP contribution in [0.5, 0.6) is 0 Å². The first-order chi connectivity index (χ1) is 9.70. The van der Waals surface area contributed by atoms with E-state index in [9.17, 15) is 9.90 Å². The lowest BCUT2D eigenvalue weighted by molar-refractivity contribution is -0.136. The summed E-state index contributed by atoms with van der Waals surface area (Å²) in [5.41, 5.74) is 0. The van der Waals surface area contributed by atoms with E-state index in [0.29, 0.717) is 19.6 Å². The fraction of sp³-hybridized carbons (Fsp3) is 0.929. The summed E-state index contributed by atoms with van der Waals surface area (Å²) in [5.74, 6) is 0.136. The van der Waals surface area contributed by atoms with E-state index in [4.69, 9.17) is 4.74 Å². The molecule has 2 aliphatic rings. The molecule has 20 heavy (non-hydrogen) atoms. The Bertz CT molecular complexity index is 300. The predicted molar refractivity (Wildman–Crippen MR) is 76.5 cm³/mol. The second-order valence-electron chi connectivity index (χ2n) is 5.78. The fourth-order valence-corrected chi connectivity index (χ4v) is 3.00. The first-order valence-electron chi connectivity index (χ1n) is 7.60. The lowest BCUT2D eigenvalue weighted by Crippen LogP contribution is -2.50. The van der Waals surface area contributed by atoms with E-state index in [1.54, 1.807) is 0 Å². The van der Waals surface area contributed by atoms with Crippen LogP contribution in [0, 0.1) is 0 Å². The van der Waals surface area contributed by atoms with Gasteiger partial charge in [0.25, 0.3) is 0 Å². The summed E-state index contributed by atoms with van der Waals surface area (Å²) < 4.78 is 5.39. The number of morpholine rings is 1. The number of nitrogens with one attached hydrogen (secondary N) is 1. The fourth-order valence-electron chi connectivity index (χ4n) is 3.00. The normalized spacial score (nSPS) is 25.6. The molecule has 0 aromatic heterocycles. The highest BCUT2D eigenvalue weighted by Crippen LogP contribution is 2.17. The molecular weight excluding hydrogens is 258 g/mol. The number of hydrogen-bond acceptors (Lipinski definition) is 5. The number of nitrogens with zero attached hydrogens (tertiary/aromatic N) is 2. The van der Waals surface area contributed by atoms with E-state index in [2.05, 4.69) is 17.3 Å². The molecule has 0 bridgehead atoms. The van der Waals surface area contributed by atoms with Gasteiger partial charge in [-0.3, -0.25) is 4.79 Å². The third kappa shape index (κ3) is 4.41. The van der Waals surface area contributed by atoms with Gasteiger partial charge in [-0.15, -0.1) is 0 Å². The molecule has 2 rings (SSSR count). The average Bonchev–Trinajstić information content (AvgIpc) is 2.47. The van der Waals surface area contributed by atoms with Crippen molar-refractivity contribution in [2.75, 3.05) is 53.0 Å². The summed E-state index contributed by atoms with van der Waals surface area (Å²) in [6.45, 7) is 4.65. The van der Waals surface area contributed by atoms with Gasteiger partial charge in [-0.25, -0.2) is 0 Å². The van der Waals surface area contributed by atoms with Crippen LogP contribution in [0.25, 0.3) is 0 Å². The van der Waals surface area contributed by atoms with Crippen molar-refractivity contribution in [3.63, 3.8) is 0 Å². The van der Waals surface area contributed by atoms with Crippen molar-refractivity contribution in [1.82, 2.24) is 15.1 Å². The molecule has 2 aliphatic heterocycles. The molecule has 1 atom stereocenters. The maximum Gasteiger partial charge on any atom is 0.224 e. The Morgan fingerprint density at radius 3 is 2.80 bits per heavy atom. The zero-order valence-electron chi connectivity index (χ0n) is 12.4. The van der Waals surface area contributed by atoms with Crippen LogP contribution in [-0.2, 0) is 9.53 Å². The minimum absolute atomic E-state index is 0.0344. The first-order valence-corrected chi connectivity index (χ1v) is 7.60. The summed E-state index contributed by atoms with van der Waals surface area (Å²) in [6, 6.07) is 0.388. The van der Waals surface area contributed by atoms with Crippen LogP contribution in [0.3, 0.4) is 0 Å². The van der Waals surface area contributed by atoms with Crippen LogP contribution in [0.15, 0.2) is 0 Å². The van der Waals surface area contributed by atoms with Gasteiger partial charge in [-0.2, -0.15) is 0 Å². The van der Waals surface area contributed by atoms with Crippen LogP contribution in [0.1, 0.15) is 19.3 Å². The Balaban J connectivity index is 1.87. The van der Waals surface area contributed by atoms with Gasteiger partial charge in [0.05, 0.1) is 19.8 Å². The monoisotopic (exact) mass is 285 g/mol. The summed E-state index contributed by atoms with van der Waals surface area (Å²) in [5, 5.41) is 12.5. The number of piperidine rings is 1. The molecule has 0 aromatic carbocycles. The summed E-state index contributed by atoms with van der Waals surface area (Å²) in [4.78, 5) is 16.7. The summed E-state index contributed by atoms with van der Waals surface area (Å²) in [7, 11) is 2.11. The van der Waals surface area contributed by atoms with Crippen molar-refractivity contribution >= 4 is 5.91 Å². The molecule has 0 saturated carbocycles. The van der Waals surface area contributed by atoms with Crippen LogP contribution < -0.4 is 5.32 Å². The van der Waals surface area contributed by atoms with Gasteiger partial charge in [0, 0.05) is 31.6 Å². The maximum absolute atomic E-state index is 12.5. The van der Waals surface area contributed by atoms with Gasteiger partial charge in [-0.05, 0) is 33.0 Å². The molecule has 2 heterocycles. The number of carbonyl (C=O) groups is 1. The molecule has 6 heteroatoms. The van der Waals surface area contributed by atoms with Crippen molar-refractivity contribution in [2.24, 2.45) is 0 Å². The van der Waals surface area contributed by atoms with Crippen LogP contribution >= 0.6 is 0 Å². The van der Waals surface area contributed by atoms with Crippen molar-refractivity contribution in [2.45, 2.75) is 31.3 Å². The van der Waals surface area contributed by atoms with Crippen LogP contribution in [-0.4, -0.2) is 85.9 Å². The molecule has 2 fully saturated rings. The van der Waals surface area contributed by atoms with Crippen LogP contribution in [0.4, 0.5) is 0 Å². The minimum Gasteiger partial charge on any atom is -0.395 e. The highest BCUT2D eigenvalue weighted by Gasteiger charge is 2.28. The Labute approximate surface area is 121 Å². The number of rotatable bonds is 5. The molecule has 1 amide bonds. The van der Waals surface area contributed by atoms with E-state index < -0.39 is 0 Å². The van der Waals surface area contributed by atoms with Crippen molar-refractivity contribution < 1.29 is 14.6 Å². The van der Waals surface area contributed by atoms with E-state index in [-0.39, 0.29) is 24.6 Å².